The van der Waals surface area contributed by atoms with Crippen LogP contribution < -0.4 is 0 Å². The molecule has 3 heteroatoms. The molecule has 0 spiro atoms. The third-order valence-corrected chi connectivity index (χ3v) is 4.11. The Morgan fingerprint density at radius 2 is 2.00 bits per heavy atom. The van der Waals surface area contributed by atoms with Gasteiger partial charge in [-0.15, -0.1) is 0 Å². The molecule has 1 saturated carbocycles. The second-order valence-electron chi connectivity index (χ2n) is 5.56. The predicted molar refractivity (Wildman–Crippen MR) is 75.1 cm³/mol. The Balaban J connectivity index is 2.03. The van der Waals surface area contributed by atoms with Crippen LogP contribution in [0.5, 0.6) is 0 Å². The lowest BCUT2D eigenvalue weighted by Gasteiger charge is -2.24. The van der Waals surface area contributed by atoms with Crippen molar-refractivity contribution in [2.24, 2.45) is 0 Å². The van der Waals surface area contributed by atoms with Gasteiger partial charge in [-0.05, 0) is 63.6 Å². The number of carbonyl (C=O) groups is 1. The van der Waals surface area contributed by atoms with Crippen molar-refractivity contribution in [2.45, 2.75) is 64.9 Å². The molecule has 0 bridgehead atoms. The van der Waals surface area contributed by atoms with Gasteiger partial charge in [0.15, 0.2) is 0 Å². The summed E-state index contributed by atoms with van der Waals surface area (Å²) in [5.41, 5.74) is 3.11. The number of carbonyl (C=O) groups excluding carboxylic acids is 1. The number of esters is 1. The third kappa shape index (κ3) is 3.34. The smallest absolute Gasteiger partial charge is 0.315 e. The molecule has 0 radical (unpaired) electrons. The largest absolute Gasteiger partial charge is 0.462 e. The average Bonchev–Trinajstić information content (AvgIpc) is 2.42. The number of aromatic nitrogens is 1. The van der Waals surface area contributed by atoms with E-state index in [0.29, 0.717) is 0 Å². The van der Waals surface area contributed by atoms with Gasteiger partial charge < -0.3 is 4.74 Å². The van der Waals surface area contributed by atoms with Gasteiger partial charge in [-0.1, -0.05) is 6.42 Å². The molecule has 2 rings (SSSR count). The summed E-state index contributed by atoms with van der Waals surface area (Å²) in [6.45, 7) is 5.95. The molecule has 19 heavy (non-hydrogen) atoms. The predicted octanol–water partition coefficient (Wildman–Crippen LogP) is 3.68. The average molecular weight is 261 g/mol. The quantitative estimate of drug-likeness (QED) is 0.779. The second kappa shape index (κ2) is 6.18. The van der Waals surface area contributed by atoms with Crippen molar-refractivity contribution in [1.29, 1.82) is 0 Å². The molecule has 1 heterocycles. The zero-order chi connectivity index (χ0) is 13.8. The molecule has 104 valence electrons. The number of hydrogen-bond donors (Lipinski definition) is 0. The van der Waals surface area contributed by atoms with Gasteiger partial charge in [0.2, 0.25) is 0 Å². The van der Waals surface area contributed by atoms with Crippen molar-refractivity contribution in [3.8, 4) is 0 Å². The van der Waals surface area contributed by atoms with Gasteiger partial charge >= 0.3 is 5.97 Å². The molecule has 3 nitrogen and oxygen atoms in total. The van der Waals surface area contributed by atoms with E-state index < -0.39 is 0 Å². The molecular formula is C16H23NO2. The minimum atomic E-state index is -0.276. The van der Waals surface area contributed by atoms with E-state index in [1.54, 1.807) is 6.20 Å². The molecule has 1 atom stereocenters. The Morgan fingerprint density at radius 3 is 2.68 bits per heavy atom. The second-order valence-corrected chi connectivity index (χ2v) is 5.56. The van der Waals surface area contributed by atoms with Crippen LogP contribution in [-0.2, 0) is 9.53 Å². The summed E-state index contributed by atoms with van der Waals surface area (Å²) in [5.74, 6) is -0.407. The van der Waals surface area contributed by atoms with E-state index in [1.165, 1.54) is 24.8 Å². The number of pyridine rings is 1. The van der Waals surface area contributed by atoms with E-state index in [9.17, 15) is 4.79 Å². The first-order valence-electron chi connectivity index (χ1n) is 7.22. The van der Waals surface area contributed by atoms with Crippen LogP contribution in [0.2, 0.25) is 0 Å². The van der Waals surface area contributed by atoms with Crippen LogP contribution in [0.25, 0.3) is 0 Å². The highest BCUT2D eigenvalue weighted by Crippen LogP contribution is 2.25. The number of nitrogens with zero attached hydrogens (tertiary/aromatic N) is 1. The molecule has 1 unspecified atom stereocenters. The fourth-order valence-electron chi connectivity index (χ4n) is 2.65. The van der Waals surface area contributed by atoms with Crippen LogP contribution in [0.15, 0.2) is 12.3 Å². The molecule has 1 aromatic rings. The zero-order valence-corrected chi connectivity index (χ0v) is 12.1. The Labute approximate surface area is 115 Å². The maximum Gasteiger partial charge on any atom is 0.315 e. The van der Waals surface area contributed by atoms with Gasteiger partial charge in [-0.3, -0.25) is 9.78 Å². The van der Waals surface area contributed by atoms with Crippen molar-refractivity contribution >= 4 is 5.97 Å². The summed E-state index contributed by atoms with van der Waals surface area (Å²) in [6.07, 6.45) is 7.53. The molecular weight excluding hydrogens is 238 g/mol. The molecule has 1 aliphatic rings. The number of ether oxygens (including phenoxy) is 1. The maximum atomic E-state index is 12.2. The van der Waals surface area contributed by atoms with Crippen molar-refractivity contribution in [3.05, 3.63) is 29.1 Å². The molecule has 0 saturated heterocycles. The van der Waals surface area contributed by atoms with Gasteiger partial charge in [-0.25, -0.2) is 0 Å². The molecule has 1 fully saturated rings. The van der Waals surface area contributed by atoms with Gasteiger partial charge in [0.05, 0.1) is 11.6 Å². The molecule has 0 aromatic carbocycles. The first kappa shape index (κ1) is 14.0. The lowest BCUT2D eigenvalue weighted by atomic mass is 9.97. The molecule has 1 aliphatic carbocycles. The SMILES string of the molecule is Cc1ccnc(C(C)C(=O)OC2CCCCC2)c1C. The first-order chi connectivity index (χ1) is 9.09. The van der Waals surface area contributed by atoms with E-state index in [1.807, 2.05) is 26.8 Å². The van der Waals surface area contributed by atoms with Gasteiger partial charge in [0.1, 0.15) is 6.10 Å². The topological polar surface area (TPSA) is 39.2 Å². The van der Waals surface area contributed by atoms with Crippen LogP contribution >= 0.6 is 0 Å². The van der Waals surface area contributed by atoms with E-state index in [0.717, 1.165) is 24.1 Å². The minimum absolute atomic E-state index is 0.119. The molecule has 0 aliphatic heterocycles. The summed E-state index contributed by atoms with van der Waals surface area (Å²) in [7, 11) is 0. The Hall–Kier alpha value is -1.38. The van der Waals surface area contributed by atoms with Gasteiger partial charge in [0, 0.05) is 6.20 Å². The fraction of sp³-hybridized carbons (Fsp3) is 0.625. The van der Waals surface area contributed by atoms with Crippen molar-refractivity contribution in [2.75, 3.05) is 0 Å². The van der Waals surface area contributed by atoms with Crippen LogP contribution in [0.4, 0.5) is 0 Å². The van der Waals surface area contributed by atoms with Crippen LogP contribution in [0, 0.1) is 13.8 Å². The van der Waals surface area contributed by atoms with Crippen LogP contribution in [0.3, 0.4) is 0 Å². The monoisotopic (exact) mass is 261 g/mol. The summed E-state index contributed by atoms with van der Waals surface area (Å²) in [5, 5.41) is 0. The molecule has 0 N–H and O–H groups in total. The Kier molecular flexibility index (Phi) is 4.56. The highest BCUT2D eigenvalue weighted by molar-refractivity contribution is 5.77. The van der Waals surface area contributed by atoms with Crippen LogP contribution in [0.1, 0.15) is 61.8 Å². The highest BCUT2D eigenvalue weighted by Gasteiger charge is 2.24. The van der Waals surface area contributed by atoms with Gasteiger partial charge in [0.25, 0.3) is 0 Å². The fourth-order valence-corrected chi connectivity index (χ4v) is 2.65. The Morgan fingerprint density at radius 1 is 1.32 bits per heavy atom. The lowest BCUT2D eigenvalue weighted by Crippen LogP contribution is -2.24. The van der Waals surface area contributed by atoms with Crippen molar-refractivity contribution in [1.82, 2.24) is 4.98 Å². The number of aryl methyl sites for hydroxylation is 1. The minimum Gasteiger partial charge on any atom is -0.462 e. The van der Waals surface area contributed by atoms with E-state index in [4.69, 9.17) is 4.74 Å². The molecule has 0 amide bonds. The van der Waals surface area contributed by atoms with E-state index in [2.05, 4.69) is 4.98 Å². The lowest BCUT2D eigenvalue weighted by molar-refractivity contribution is -0.152. The maximum absolute atomic E-state index is 12.2. The zero-order valence-electron chi connectivity index (χ0n) is 12.1. The van der Waals surface area contributed by atoms with Gasteiger partial charge in [-0.2, -0.15) is 0 Å². The van der Waals surface area contributed by atoms with E-state index >= 15 is 0 Å². The summed E-state index contributed by atoms with van der Waals surface area (Å²) in [4.78, 5) is 16.6. The first-order valence-corrected chi connectivity index (χ1v) is 7.22. The highest BCUT2D eigenvalue weighted by atomic mass is 16.5. The Bertz CT molecular complexity index is 450. The summed E-state index contributed by atoms with van der Waals surface area (Å²) < 4.78 is 5.62. The van der Waals surface area contributed by atoms with E-state index in [-0.39, 0.29) is 18.0 Å². The normalized spacial score (nSPS) is 18.1. The standard InChI is InChI=1S/C16H23NO2/c1-11-9-10-17-15(12(11)2)13(3)16(18)19-14-7-5-4-6-8-14/h9-10,13-14H,4-8H2,1-3H3. The molecule has 1 aromatic heterocycles. The number of rotatable bonds is 3. The summed E-state index contributed by atoms with van der Waals surface area (Å²) in [6, 6.07) is 1.97. The summed E-state index contributed by atoms with van der Waals surface area (Å²) >= 11 is 0. The van der Waals surface area contributed by atoms with Crippen molar-refractivity contribution < 1.29 is 9.53 Å². The number of hydrogen-bond acceptors (Lipinski definition) is 3. The third-order valence-electron chi connectivity index (χ3n) is 4.11. The van der Waals surface area contributed by atoms with Crippen LogP contribution in [-0.4, -0.2) is 17.1 Å². The van der Waals surface area contributed by atoms with Crippen molar-refractivity contribution in [3.63, 3.8) is 0 Å².